The second kappa shape index (κ2) is 7.55. The molecule has 0 bridgehead atoms. The van der Waals surface area contributed by atoms with Gasteiger partial charge in [0.05, 0.1) is 10.9 Å². The maximum atomic E-state index is 12.7. The molecule has 2 aliphatic rings. The van der Waals surface area contributed by atoms with E-state index in [1.54, 1.807) is 0 Å². The highest BCUT2D eigenvalue weighted by molar-refractivity contribution is 6.03. The Morgan fingerprint density at radius 3 is 2.70 bits per heavy atom. The molecule has 0 saturated heterocycles. The topological polar surface area (TPSA) is 71.7 Å². The summed E-state index contributed by atoms with van der Waals surface area (Å²) in [6, 6.07) is 4.09. The number of nitrogens with one attached hydrogen (secondary N) is 1. The predicted molar refractivity (Wildman–Crippen MR) is 113 cm³/mol. The van der Waals surface area contributed by atoms with E-state index in [-0.39, 0.29) is 19.4 Å². The number of aliphatic hydroxyl groups is 1. The first-order chi connectivity index (χ1) is 12.9. The Balaban J connectivity index is 0.000000515. The Labute approximate surface area is 160 Å². The van der Waals surface area contributed by atoms with E-state index in [4.69, 9.17) is 9.52 Å². The lowest BCUT2D eigenvalue weighted by Gasteiger charge is -2.32. The van der Waals surface area contributed by atoms with Crippen molar-refractivity contribution in [2.45, 2.75) is 32.7 Å². The van der Waals surface area contributed by atoms with E-state index in [0.29, 0.717) is 11.1 Å². The van der Waals surface area contributed by atoms with Crippen molar-refractivity contribution in [1.29, 1.82) is 0 Å². The van der Waals surface area contributed by atoms with Crippen molar-refractivity contribution in [3.05, 3.63) is 57.7 Å². The lowest BCUT2D eigenvalue weighted by Crippen LogP contribution is -2.31. The smallest absolute Gasteiger partial charge is 0.344 e. The molecule has 0 spiro atoms. The van der Waals surface area contributed by atoms with Gasteiger partial charge in [0.25, 0.3) is 0 Å². The summed E-state index contributed by atoms with van der Waals surface area (Å²) in [5, 5.41) is 12.8. The van der Waals surface area contributed by atoms with Crippen LogP contribution in [0.15, 0.2) is 39.6 Å². The third-order valence-corrected chi connectivity index (χ3v) is 4.55. The molecule has 2 N–H and O–H groups in total. The van der Waals surface area contributed by atoms with Crippen LogP contribution in [0.2, 0.25) is 0 Å². The van der Waals surface area contributed by atoms with Gasteiger partial charge in [-0.2, -0.15) is 0 Å². The van der Waals surface area contributed by atoms with Gasteiger partial charge in [-0.15, -0.1) is 0 Å². The second-order valence-corrected chi connectivity index (χ2v) is 7.21. The highest BCUT2D eigenvalue weighted by atomic mass is 16.6. The molecule has 2 heterocycles. The Morgan fingerprint density at radius 1 is 1.30 bits per heavy atom. The first-order valence-corrected chi connectivity index (χ1v) is 8.92. The summed E-state index contributed by atoms with van der Waals surface area (Å²) in [5.74, 6) is 0.641. The molecule has 1 aromatic heterocycles. The number of allylic oxidation sites excluding steroid dienone is 3. The second-order valence-electron chi connectivity index (χ2n) is 7.21. The Morgan fingerprint density at radius 2 is 2.00 bits per heavy atom. The Bertz CT molecular complexity index is 1010. The summed E-state index contributed by atoms with van der Waals surface area (Å²) in [6.07, 6.45) is 11.0. The van der Waals surface area contributed by atoms with Gasteiger partial charge >= 0.3 is 5.63 Å². The number of hydrogen-bond donors (Lipinski definition) is 2. The van der Waals surface area contributed by atoms with Crippen molar-refractivity contribution < 1.29 is 15.7 Å². The number of benzene rings is 1. The first-order valence-electron chi connectivity index (χ1n) is 8.92. The van der Waals surface area contributed by atoms with Gasteiger partial charge in [0.2, 0.25) is 0 Å². The lowest BCUT2D eigenvalue weighted by atomic mass is 9.88. The molecular weight excluding hydrogens is 342 g/mol. The number of rotatable bonds is 1. The van der Waals surface area contributed by atoms with Crippen LogP contribution >= 0.6 is 0 Å². The van der Waals surface area contributed by atoms with Crippen LogP contribution in [-0.4, -0.2) is 24.5 Å². The standard InChI is InChI=1S/C20H19NO2.C2H6O2.H2/c1-12-11-20(2,3)21-15-10-9-14-13-7-5-4-6-8-16(13)23-19(22)18(14)17(12)15;1-4-2-3;/h5-11,21H,4H2,1-3H3;3H,2H2,1H3;1H. The molecule has 5 heteroatoms. The molecule has 5 nitrogen and oxygen atoms in total. The minimum absolute atomic E-state index is 0. The number of methoxy groups -OCH3 is 1. The van der Waals surface area contributed by atoms with Gasteiger partial charge in [0.15, 0.2) is 0 Å². The zero-order chi connectivity index (χ0) is 19.6. The maximum Gasteiger partial charge on any atom is 0.344 e. The summed E-state index contributed by atoms with van der Waals surface area (Å²) in [7, 11) is 1.43. The normalized spacial score (nSPS) is 16.4. The molecule has 0 atom stereocenters. The van der Waals surface area contributed by atoms with E-state index in [2.05, 4.69) is 49.0 Å². The predicted octanol–water partition coefficient (Wildman–Crippen LogP) is 4.66. The first kappa shape index (κ1) is 19.1. The van der Waals surface area contributed by atoms with Crippen molar-refractivity contribution >= 4 is 34.2 Å². The maximum absolute atomic E-state index is 12.7. The molecule has 2 aromatic rings. The van der Waals surface area contributed by atoms with Crippen molar-refractivity contribution in [2.75, 3.05) is 19.2 Å². The highest BCUT2D eigenvalue weighted by Crippen LogP contribution is 2.39. The number of hydrogen-bond acceptors (Lipinski definition) is 5. The molecule has 0 saturated carbocycles. The molecule has 0 unspecified atom stereocenters. The van der Waals surface area contributed by atoms with E-state index in [0.717, 1.165) is 34.2 Å². The van der Waals surface area contributed by atoms with Gasteiger partial charge in [-0.1, -0.05) is 30.4 Å². The van der Waals surface area contributed by atoms with E-state index in [1.165, 1.54) is 7.11 Å². The Kier molecular flexibility index (Phi) is 5.35. The summed E-state index contributed by atoms with van der Waals surface area (Å²) >= 11 is 0. The van der Waals surface area contributed by atoms with Crippen molar-refractivity contribution in [3.8, 4) is 0 Å². The number of ether oxygens (including phenoxy) is 1. The molecule has 4 rings (SSSR count). The molecule has 1 aromatic carbocycles. The van der Waals surface area contributed by atoms with Gasteiger partial charge in [0.1, 0.15) is 12.6 Å². The molecular formula is C22H27NO4. The van der Waals surface area contributed by atoms with Gasteiger partial charge < -0.3 is 19.6 Å². The quantitative estimate of drug-likeness (QED) is 0.716. The van der Waals surface area contributed by atoms with E-state index in [9.17, 15) is 4.79 Å². The van der Waals surface area contributed by atoms with Crippen LogP contribution in [0.1, 0.15) is 45.5 Å². The van der Waals surface area contributed by atoms with Crippen LogP contribution in [0.25, 0.3) is 28.5 Å². The molecule has 0 radical (unpaired) electrons. The molecule has 27 heavy (non-hydrogen) atoms. The average molecular weight is 369 g/mol. The van der Waals surface area contributed by atoms with Crippen molar-refractivity contribution in [2.24, 2.45) is 0 Å². The molecule has 0 amide bonds. The third-order valence-electron chi connectivity index (χ3n) is 4.55. The zero-order valence-corrected chi connectivity index (χ0v) is 16.1. The lowest BCUT2D eigenvalue weighted by molar-refractivity contribution is 0.0325. The summed E-state index contributed by atoms with van der Waals surface area (Å²) < 4.78 is 9.71. The molecule has 1 aliphatic heterocycles. The summed E-state index contributed by atoms with van der Waals surface area (Å²) in [5.41, 5.74) is 3.63. The van der Waals surface area contributed by atoms with Crippen LogP contribution < -0.4 is 10.9 Å². The zero-order valence-electron chi connectivity index (χ0n) is 16.1. The summed E-state index contributed by atoms with van der Waals surface area (Å²) in [6.45, 7) is 6.12. The number of aliphatic hydroxyl groups excluding tert-OH is 1. The minimum atomic E-state index is -0.273. The fourth-order valence-corrected chi connectivity index (χ4v) is 3.62. The van der Waals surface area contributed by atoms with E-state index in [1.807, 2.05) is 24.3 Å². The fraction of sp³-hybridized carbons (Fsp3) is 0.318. The van der Waals surface area contributed by atoms with Gasteiger partial charge in [0, 0.05) is 30.7 Å². The largest absolute Gasteiger partial charge is 0.422 e. The monoisotopic (exact) mass is 369 g/mol. The molecule has 1 aliphatic carbocycles. The average Bonchev–Trinajstić information content (AvgIpc) is 2.86. The minimum Gasteiger partial charge on any atom is -0.422 e. The summed E-state index contributed by atoms with van der Waals surface area (Å²) in [4.78, 5) is 12.7. The van der Waals surface area contributed by atoms with E-state index >= 15 is 0 Å². The van der Waals surface area contributed by atoms with Crippen LogP contribution in [0.3, 0.4) is 0 Å². The fourth-order valence-electron chi connectivity index (χ4n) is 3.62. The van der Waals surface area contributed by atoms with Crippen LogP contribution in [0, 0.1) is 0 Å². The van der Waals surface area contributed by atoms with Gasteiger partial charge in [-0.25, -0.2) is 4.79 Å². The van der Waals surface area contributed by atoms with Crippen molar-refractivity contribution in [3.63, 3.8) is 0 Å². The van der Waals surface area contributed by atoms with Crippen LogP contribution in [0.4, 0.5) is 5.69 Å². The number of anilines is 1. The Hall–Kier alpha value is -2.63. The highest BCUT2D eigenvalue weighted by Gasteiger charge is 2.26. The molecule has 144 valence electrons. The number of fused-ring (bicyclic) bond motifs is 5. The van der Waals surface area contributed by atoms with Crippen LogP contribution in [0.5, 0.6) is 0 Å². The van der Waals surface area contributed by atoms with Crippen molar-refractivity contribution in [1.82, 2.24) is 0 Å². The van der Waals surface area contributed by atoms with Gasteiger partial charge in [-0.05, 0) is 44.9 Å². The van der Waals surface area contributed by atoms with Crippen LogP contribution in [-0.2, 0) is 4.74 Å². The third kappa shape index (κ3) is 3.75. The van der Waals surface area contributed by atoms with E-state index < -0.39 is 0 Å². The van der Waals surface area contributed by atoms with Gasteiger partial charge in [-0.3, -0.25) is 0 Å². The molecule has 0 fully saturated rings. The SMILES string of the molecule is CC1=CC(C)(C)Nc2ccc3c4c(oc(=O)c3c21)C=CCC=C4.COCO.[HH].